The molecule has 47 heavy (non-hydrogen) atoms. The molecule has 4 aromatic rings. The van der Waals surface area contributed by atoms with Gasteiger partial charge in [-0.1, -0.05) is 12.0 Å². The summed E-state index contributed by atoms with van der Waals surface area (Å²) in [7, 11) is 0. The van der Waals surface area contributed by atoms with E-state index >= 15 is 4.39 Å². The number of halogens is 2. The summed E-state index contributed by atoms with van der Waals surface area (Å²) < 4.78 is 38.1. The smallest absolute Gasteiger partial charge is 0.319 e. The third-order valence-corrected chi connectivity index (χ3v) is 10.5. The summed E-state index contributed by atoms with van der Waals surface area (Å²) in [4.78, 5) is 32.7. The molecule has 4 aliphatic heterocycles. The first kappa shape index (κ1) is 29.5. The van der Waals surface area contributed by atoms with Crippen LogP contribution >= 0.6 is 0 Å². The topological polar surface area (TPSA) is 119 Å². The standard InChI is InChI=1S/C35H33F2N7O3/c1-2-24-27(36)8-5-20-13-23(45)14-25(29(20)24)31-30(37)32-26(16-39-31)33(42-17-21-6-7-22(18-42)44(21)28(46)15-38)41-34(40-32)47-19-35-9-3-11-43(35)12-4-10-35/h1,5,8,13-16,21-22,38,45H,3-4,6-7,9-12,17-19H2/t21-,22?/m0/s1. The van der Waals surface area contributed by atoms with Gasteiger partial charge >= 0.3 is 6.01 Å². The zero-order chi connectivity index (χ0) is 32.4. The average Bonchev–Trinajstić information content (AvgIpc) is 3.73. The zero-order valence-electron chi connectivity index (χ0n) is 25.7. The summed E-state index contributed by atoms with van der Waals surface area (Å²) >= 11 is 0. The predicted octanol–water partition coefficient (Wildman–Crippen LogP) is 4.65. The Bertz CT molecular complexity index is 1990. The first-order valence-electron chi connectivity index (χ1n) is 16.0. The molecule has 4 fully saturated rings. The monoisotopic (exact) mass is 637 g/mol. The van der Waals surface area contributed by atoms with Gasteiger partial charge in [0.05, 0.1) is 34.8 Å². The molecule has 2 aromatic carbocycles. The first-order valence-corrected chi connectivity index (χ1v) is 16.0. The van der Waals surface area contributed by atoms with Gasteiger partial charge in [-0.2, -0.15) is 9.97 Å². The molecule has 2 N–H and O–H groups in total. The molecule has 0 radical (unpaired) electrons. The number of carbonyl (C=O) groups is 1. The van der Waals surface area contributed by atoms with E-state index in [1.54, 1.807) is 4.90 Å². The van der Waals surface area contributed by atoms with Crippen LogP contribution in [0.3, 0.4) is 0 Å². The van der Waals surface area contributed by atoms with E-state index in [1.807, 2.05) is 4.90 Å². The van der Waals surface area contributed by atoms with Crippen molar-refractivity contribution in [2.24, 2.45) is 0 Å². The number of fused-ring (bicyclic) bond motifs is 5. The summed E-state index contributed by atoms with van der Waals surface area (Å²) in [6, 6.07) is 5.26. The van der Waals surface area contributed by atoms with Crippen molar-refractivity contribution in [1.29, 1.82) is 5.41 Å². The molecule has 12 heteroatoms. The van der Waals surface area contributed by atoms with Crippen LogP contribution in [0.25, 0.3) is 32.9 Å². The van der Waals surface area contributed by atoms with Crippen LogP contribution < -0.4 is 9.64 Å². The van der Waals surface area contributed by atoms with Gasteiger partial charge in [0.1, 0.15) is 35.2 Å². The van der Waals surface area contributed by atoms with Gasteiger partial charge in [-0.05, 0) is 75.2 Å². The van der Waals surface area contributed by atoms with Crippen molar-refractivity contribution in [2.45, 2.75) is 56.1 Å². The number of pyridine rings is 1. The first-order chi connectivity index (χ1) is 22.8. The Balaban J connectivity index is 1.27. The van der Waals surface area contributed by atoms with Crippen molar-refractivity contribution in [1.82, 2.24) is 24.8 Å². The van der Waals surface area contributed by atoms with Gasteiger partial charge in [0.25, 0.3) is 5.91 Å². The number of phenolic OH excluding ortho intramolecular Hbond substituents is 1. The Morgan fingerprint density at radius 2 is 1.89 bits per heavy atom. The van der Waals surface area contributed by atoms with E-state index in [9.17, 15) is 14.3 Å². The van der Waals surface area contributed by atoms with E-state index in [2.05, 4.69) is 20.8 Å². The number of ether oxygens (including phenoxy) is 1. The van der Waals surface area contributed by atoms with Crippen molar-refractivity contribution in [3.8, 4) is 35.4 Å². The number of benzene rings is 2. The number of nitrogens with zero attached hydrogens (tertiary/aromatic N) is 6. The zero-order valence-corrected chi connectivity index (χ0v) is 25.7. The maximum atomic E-state index is 16.9. The van der Waals surface area contributed by atoms with Gasteiger partial charge in [-0.15, -0.1) is 6.42 Å². The van der Waals surface area contributed by atoms with E-state index in [1.165, 1.54) is 30.5 Å². The molecule has 2 atom stereocenters. The number of terminal acetylenes is 1. The molecule has 1 amide bonds. The molecule has 4 saturated heterocycles. The number of piperazine rings is 1. The minimum absolute atomic E-state index is 0.0253. The molecule has 8 rings (SSSR count). The lowest BCUT2D eigenvalue weighted by Gasteiger charge is -2.41. The number of hydrogen-bond acceptors (Lipinski definition) is 9. The molecule has 6 heterocycles. The molecule has 4 aliphatic rings. The minimum Gasteiger partial charge on any atom is -0.508 e. The molecule has 1 unspecified atom stereocenters. The highest BCUT2D eigenvalue weighted by Crippen LogP contribution is 2.42. The molecule has 0 saturated carbocycles. The summed E-state index contributed by atoms with van der Waals surface area (Å²) in [6.07, 6.45) is 13.8. The van der Waals surface area contributed by atoms with Crippen LogP contribution in [-0.2, 0) is 4.79 Å². The van der Waals surface area contributed by atoms with Crippen molar-refractivity contribution < 1.29 is 23.4 Å². The Kier molecular flexibility index (Phi) is 6.98. The van der Waals surface area contributed by atoms with E-state index in [-0.39, 0.29) is 63.0 Å². The van der Waals surface area contributed by atoms with Crippen molar-refractivity contribution >= 4 is 39.6 Å². The third kappa shape index (κ3) is 4.66. The van der Waals surface area contributed by atoms with Gasteiger partial charge in [-0.25, -0.2) is 8.78 Å². The molecule has 10 nitrogen and oxygen atoms in total. The Hall–Kier alpha value is -4.89. The summed E-state index contributed by atoms with van der Waals surface area (Å²) in [5.41, 5.74) is -0.181. The second-order valence-electron chi connectivity index (χ2n) is 13.1. The fourth-order valence-corrected chi connectivity index (χ4v) is 8.44. The van der Waals surface area contributed by atoms with Crippen molar-refractivity contribution in [3.63, 3.8) is 0 Å². The van der Waals surface area contributed by atoms with Gasteiger partial charge in [-0.3, -0.25) is 14.7 Å². The van der Waals surface area contributed by atoms with Gasteiger partial charge < -0.3 is 25.1 Å². The highest BCUT2D eigenvalue weighted by molar-refractivity contribution is 6.25. The molecule has 0 spiro atoms. The largest absolute Gasteiger partial charge is 0.508 e. The van der Waals surface area contributed by atoms with E-state index in [4.69, 9.17) is 21.6 Å². The Labute approximate surface area is 269 Å². The lowest BCUT2D eigenvalue weighted by Crippen LogP contribution is -2.56. The number of carbonyl (C=O) groups excluding carboxylic acids is 1. The maximum Gasteiger partial charge on any atom is 0.319 e. The third-order valence-electron chi connectivity index (χ3n) is 10.5. The summed E-state index contributed by atoms with van der Waals surface area (Å²) in [5.74, 6) is 0.930. The van der Waals surface area contributed by atoms with E-state index in [0.717, 1.165) is 57.8 Å². The number of aromatic nitrogens is 3. The Morgan fingerprint density at radius 3 is 2.60 bits per heavy atom. The molecule has 240 valence electrons. The number of amides is 1. The number of aromatic hydroxyl groups is 1. The molecule has 2 aromatic heterocycles. The minimum atomic E-state index is -0.780. The van der Waals surface area contributed by atoms with E-state index < -0.39 is 11.6 Å². The van der Waals surface area contributed by atoms with E-state index in [0.29, 0.717) is 36.3 Å². The van der Waals surface area contributed by atoms with Crippen LogP contribution in [0, 0.1) is 29.4 Å². The average molecular weight is 638 g/mol. The normalized spacial score (nSPS) is 21.7. The van der Waals surface area contributed by atoms with Crippen LogP contribution in [0.1, 0.15) is 44.1 Å². The van der Waals surface area contributed by atoms with Crippen LogP contribution in [0.15, 0.2) is 30.5 Å². The van der Waals surface area contributed by atoms with Gasteiger partial charge in [0.2, 0.25) is 0 Å². The fraction of sp³-hybridized carbons (Fsp3) is 0.400. The second kappa shape index (κ2) is 11.1. The second-order valence-corrected chi connectivity index (χ2v) is 13.1. The molecule has 2 bridgehead atoms. The number of rotatable bonds is 6. The molecular formula is C35H33F2N7O3. The predicted molar refractivity (Wildman–Crippen MR) is 173 cm³/mol. The highest BCUT2D eigenvalue weighted by Gasteiger charge is 2.46. The molecular weight excluding hydrogens is 604 g/mol. The van der Waals surface area contributed by atoms with Crippen LogP contribution in [0.2, 0.25) is 0 Å². The van der Waals surface area contributed by atoms with Gasteiger partial charge in [0.15, 0.2) is 5.82 Å². The number of anilines is 1. The van der Waals surface area contributed by atoms with Crippen LogP contribution in [0.5, 0.6) is 11.8 Å². The van der Waals surface area contributed by atoms with Crippen molar-refractivity contribution in [2.75, 3.05) is 37.7 Å². The fourth-order valence-electron chi connectivity index (χ4n) is 8.44. The quantitative estimate of drug-likeness (QED) is 0.232. The SMILES string of the molecule is C#Cc1c(F)ccc2cc(O)cc(-c3ncc4c(N5CC6CC[C@@H](C5)N6C(=O)C=N)nc(OCC56CCCN5CCC6)nc4c3F)c12. The summed E-state index contributed by atoms with van der Waals surface area (Å²) in [6.45, 7) is 3.33. The number of nitrogens with one attached hydrogen (secondary N) is 1. The van der Waals surface area contributed by atoms with Crippen molar-refractivity contribution in [3.05, 3.63) is 47.7 Å². The Morgan fingerprint density at radius 1 is 1.15 bits per heavy atom. The summed E-state index contributed by atoms with van der Waals surface area (Å²) in [5, 5.41) is 19.1. The van der Waals surface area contributed by atoms with Crippen LogP contribution in [-0.4, -0.2) is 92.4 Å². The number of hydrogen-bond donors (Lipinski definition) is 2. The maximum absolute atomic E-state index is 16.9. The van der Waals surface area contributed by atoms with Crippen LogP contribution in [0.4, 0.5) is 14.6 Å². The highest BCUT2D eigenvalue weighted by atomic mass is 19.1. The lowest BCUT2D eigenvalue weighted by atomic mass is 9.95. The molecule has 0 aliphatic carbocycles. The van der Waals surface area contributed by atoms with Gasteiger partial charge in [0, 0.05) is 30.2 Å². The number of phenols is 1. The lowest BCUT2D eigenvalue weighted by molar-refractivity contribution is -0.126.